The van der Waals surface area contributed by atoms with Gasteiger partial charge in [-0.15, -0.1) is 0 Å². The maximum atomic E-state index is 13.4. The molecule has 2 aromatic rings. The molecule has 0 radical (unpaired) electrons. The minimum absolute atomic E-state index is 0.118. The van der Waals surface area contributed by atoms with E-state index in [0.717, 1.165) is 17.7 Å². The second-order valence-electron chi connectivity index (χ2n) is 7.58. The summed E-state index contributed by atoms with van der Waals surface area (Å²) in [5.41, 5.74) is 1.49. The number of hydrogen-bond acceptors (Lipinski definition) is 2. The molecule has 0 unspecified atom stereocenters. The van der Waals surface area contributed by atoms with E-state index in [4.69, 9.17) is 4.74 Å². The molecule has 0 saturated carbocycles. The highest BCUT2D eigenvalue weighted by molar-refractivity contribution is 5.81. The molecule has 1 amide bonds. The SMILES string of the molecule is COCCCN(Cc1cccn1Cc1cccc(F)c1)C(=O)C(C)(C)C. The number of nitrogens with zero attached hydrogens (tertiary/aromatic N) is 2. The van der Waals surface area contributed by atoms with Crippen LogP contribution in [0.3, 0.4) is 0 Å². The maximum absolute atomic E-state index is 13.4. The molecule has 5 heteroatoms. The average Bonchev–Trinajstić information content (AvgIpc) is 2.99. The van der Waals surface area contributed by atoms with Crippen LogP contribution in [0.25, 0.3) is 0 Å². The van der Waals surface area contributed by atoms with Crippen LogP contribution >= 0.6 is 0 Å². The summed E-state index contributed by atoms with van der Waals surface area (Å²) in [6, 6.07) is 10.6. The minimum atomic E-state index is -0.437. The molecule has 0 atom stereocenters. The van der Waals surface area contributed by atoms with Gasteiger partial charge in [0.2, 0.25) is 5.91 Å². The lowest BCUT2D eigenvalue weighted by Gasteiger charge is -2.30. The lowest BCUT2D eigenvalue weighted by Crippen LogP contribution is -2.40. The highest BCUT2D eigenvalue weighted by Crippen LogP contribution is 2.20. The predicted molar refractivity (Wildman–Crippen MR) is 101 cm³/mol. The van der Waals surface area contributed by atoms with Gasteiger partial charge in [0.1, 0.15) is 5.82 Å². The van der Waals surface area contributed by atoms with Crippen LogP contribution in [0.15, 0.2) is 42.6 Å². The van der Waals surface area contributed by atoms with Crippen LogP contribution in [0.1, 0.15) is 38.4 Å². The molecule has 142 valence electrons. The van der Waals surface area contributed by atoms with E-state index in [1.807, 2.05) is 50.1 Å². The Bertz CT molecular complexity index is 719. The molecule has 2 rings (SSSR count). The molecule has 4 nitrogen and oxygen atoms in total. The van der Waals surface area contributed by atoms with Gasteiger partial charge < -0.3 is 14.2 Å². The number of ether oxygens (including phenoxy) is 1. The summed E-state index contributed by atoms with van der Waals surface area (Å²) in [5.74, 6) is -0.118. The Morgan fingerprint density at radius 2 is 2.00 bits per heavy atom. The quantitative estimate of drug-likeness (QED) is 0.665. The zero-order chi connectivity index (χ0) is 19.2. The largest absolute Gasteiger partial charge is 0.385 e. The molecule has 0 N–H and O–H groups in total. The Morgan fingerprint density at radius 1 is 1.23 bits per heavy atom. The smallest absolute Gasteiger partial charge is 0.228 e. The third-order valence-corrected chi connectivity index (χ3v) is 4.22. The number of methoxy groups -OCH3 is 1. The Hall–Kier alpha value is -2.14. The van der Waals surface area contributed by atoms with E-state index in [1.54, 1.807) is 19.2 Å². The van der Waals surface area contributed by atoms with Gasteiger partial charge >= 0.3 is 0 Å². The Morgan fingerprint density at radius 3 is 2.65 bits per heavy atom. The summed E-state index contributed by atoms with van der Waals surface area (Å²) >= 11 is 0. The van der Waals surface area contributed by atoms with Gasteiger partial charge in [0.25, 0.3) is 0 Å². The number of benzene rings is 1. The molecule has 0 aliphatic heterocycles. The van der Waals surface area contributed by atoms with Crippen LogP contribution in [0.2, 0.25) is 0 Å². The van der Waals surface area contributed by atoms with E-state index >= 15 is 0 Å². The van der Waals surface area contributed by atoms with Gasteiger partial charge in [-0.3, -0.25) is 4.79 Å². The van der Waals surface area contributed by atoms with Gasteiger partial charge in [0.05, 0.1) is 6.54 Å². The lowest BCUT2D eigenvalue weighted by molar-refractivity contribution is -0.140. The normalized spacial score (nSPS) is 11.6. The molecule has 0 aliphatic carbocycles. The molecule has 1 heterocycles. The molecule has 26 heavy (non-hydrogen) atoms. The van der Waals surface area contributed by atoms with Crippen molar-refractivity contribution in [3.63, 3.8) is 0 Å². The number of hydrogen-bond donors (Lipinski definition) is 0. The van der Waals surface area contributed by atoms with Crippen LogP contribution in [0.4, 0.5) is 4.39 Å². The zero-order valence-electron chi connectivity index (χ0n) is 16.2. The Kier molecular flexibility index (Phi) is 6.98. The molecular formula is C21H29FN2O2. The van der Waals surface area contributed by atoms with E-state index in [-0.39, 0.29) is 11.7 Å². The predicted octanol–water partition coefficient (Wildman–Crippen LogP) is 4.09. The van der Waals surface area contributed by atoms with Gasteiger partial charge in [-0.25, -0.2) is 4.39 Å². The van der Waals surface area contributed by atoms with Crippen LogP contribution < -0.4 is 0 Å². The minimum Gasteiger partial charge on any atom is -0.385 e. The van der Waals surface area contributed by atoms with Crippen molar-refractivity contribution >= 4 is 5.91 Å². The number of amides is 1. The molecular weight excluding hydrogens is 331 g/mol. The van der Waals surface area contributed by atoms with E-state index in [9.17, 15) is 9.18 Å². The standard InChI is InChI=1S/C21H29FN2O2/c1-21(2,3)20(25)24(12-7-13-26-4)16-19-10-6-11-23(19)15-17-8-5-9-18(22)14-17/h5-6,8-11,14H,7,12-13,15-16H2,1-4H3. The highest BCUT2D eigenvalue weighted by Gasteiger charge is 2.27. The number of carbonyl (C=O) groups is 1. The number of aromatic nitrogens is 1. The van der Waals surface area contributed by atoms with Gasteiger partial charge in [-0.05, 0) is 36.2 Å². The number of carbonyl (C=O) groups excluding carboxylic acids is 1. The fraction of sp³-hybridized carbons (Fsp3) is 0.476. The van der Waals surface area contributed by atoms with Crippen molar-refractivity contribution in [2.45, 2.75) is 40.3 Å². The molecule has 1 aromatic heterocycles. The lowest BCUT2D eigenvalue weighted by atomic mass is 9.94. The summed E-state index contributed by atoms with van der Waals surface area (Å²) in [4.78, 5) is 14.7. The summed E-state index contributed by atoms with van der Waals surface area (Å²) in [6.07, 6.45) is 2.76. The van der Waals surface area contributed by atoms with Crippen molar-refractivity contribution in [1.82, 2.24) is 9.47 Å². The van der Waals surface area contributed by atoms with Crippen molar-refractivity contribution < 1.29 is 13.9 Å². The van der Waals surface area contributed by atoms with Gasteiger partial charge in [0, 0.05) is 44.1 Å². The second-order valence-corrected chi connectivity index (χ2v) is 7.58. The van der Waals surface area contributed by atoms with Gasteiger partial charge in [-0.1, -0.05) is 32.9 Å². The van der Waals surface area contributed by atoms with E-state index in [2.05, 4.69) is 4.57 Å². The molecule has 0 spiro atoms. The average molecular weight is 360 g/mol. The molecule has 0 fully saturated rings. The zero-order valence-corrected chi connectivity index (χ0v) is 16.2. The van der Waals surface area contributed by atoms with E-state index in [1.165, 1.54) is 6.07 Å². The first-order chi connectivity index (χ1) is 12.3. The first-order valence-corrected chi connectivity index (χ1v) is 8.98. The highest BCUT2D eigenvalue weighted by atomic mass is 19.1. The first-order valence-electron chi connectivity index (χ1n) is 8.98. The van der Waals surface area contributed by atoms with Crippen molar-refractivity contribution in [1.29, 1.82) is 0 Å². The molecule has 0 bridgehead atoms. The van der Waals surface area contributed by atoms with Crippen LogP contribution in [0, 0.1) is 11.2 Å². The van der Waals surface area contributed by atoms with Crippen LogP contribution in [0.5, 0.6) is 0 Å². The Labute approximate surface area is 155 Å². The summed E-state index contributed by atoms with van der Waals surface area (Å²) in [5, 5.41) is 0. The summed E-state index contributed by atoms with van der Waals surface area (Å²) < 4.78 is 20.6. The van der Waals surface area contributed by atoms with Crippen molar-refractivity contribution in [3.8, 4) is 0 Å². The Balaban J connectivity index is 2.15. The molecule has 0 aliphatic rings. The number of rotatable bonds is 8. The molecule has 1 aromatic carbocycles. The maximum Gasteiger partial charge on any atom is 0.228 e. The first kappa shape index (κ1) is 20.2. The summed E-state index contributed by atoms with van der Waals surface area (Å²) in [6.45, 7) is 8.19. The monoisotopic (exact) mass is 360 g/mol. The van der Waals surface area contributed by atoms with E-state index < -0.39 is 5.41 Å². The van der Waals surface area contributed by atoms with Crippen molar-refractivity contribution in [2.75, 3.05) is 20.3 Å². The second kappa shape index (κ2) is 8.99. The third kappa shape index (κ3) is 5.70. The molecule has 0 saturated heterocycles. The fourth-order valence-electron chi connectivity index (χ4n) is 2.90. The third-order valence-electron chi connectivity index (χ3n) is 4.22. The fourth-order valence-corrected chi connectivity index (χ4v) is 2.90. The van der Waals surface area contributed by atoms with Gasteiger partial charge in [0.15, 0.2) is 0 Å². The van der Waals surface area contributed by atoms with Crippen LogP contribution in [-0.2, 0) is 22.6 Å². The van der Waals surface area contributed by atoms with Crippen molar-refractivity contribution in [3.05, 3.63) is 59.7 Å². The van der Waals surface area contributed by atoms with E-state index in [0.29, 0.717) is 26.2 Å². The topological polar surface area (TPSA) is 34.5 Å². The summed E-state index contributed by atoms with van der Waals surface area (Å²) in [7, 11) is 1.67. The van der Waals surface area contributed by atoms with Crippen LogP contribution in [-0.4, -0.2) is 35.6 Å². The van der Waals surface area contributed by atoms with Crippen molar-refractivity contribution in [2.24, 2.45) is 5.41 Å². The van der Waals surface area contributed by atoms with Gasteiger partial charge in [-0.2, -0.15) is 0 Å². The number of halogens is 1.